The van der Waals surface area contributed by atoms with Gasteiger partial charge in [-0.15, -0.1) is 11.3 Å². The molecule has 0 saturated heterocycles. The number of hydrogen-bond acceptors (Lipinski definition) is 2. The molecular weight excluding hydrogens is 342 g/mol. The van der Waals surface area contributed by atoms with E-state index in [1.807, 2.05) is 11.3 Å². The first-order valence-electron chi connectivity index (χ1n) is 7.82. The molecule has 1 nitrogen and oxygen atoms in total. The highest BCUT2D eigenvalue weighted by Crippen LogP contribution is 2.37. The van der Waals surface area contributed by atoms with Gasteiger partial charge in [0.25, 0.3) is 0 Å². The second-order valence-electron chi connectivity index (χ2n) is 5.78. The van der Waals surface area contributed by atoms with Gasteiger partial charge < -0.3 is 5.32 Å². The minimum atomic E-state index is 0.489. The molecule has 0 amide bonds. The van der Waals surface area contributed by atoms with Crippen LogP contribution in [0.25, 0.3) is 0 Å². The molecular formula is C18H22BrNS. The molecule has 0 radical (unpaired) electrons. The number of fused-ring (bicyclic) bond motifs is 1. The van der Waals surface area contributed by atoms with Crippen molar-refractivity contribution in [3.05, 3.63) is 56.2 Å². The van der Waals surface area contributed by atoms with E-state index in [9.17, 15) is 0 Å². The van der Waals surface area contributed by atoms with E-state index in [2.05, 4.69) is 63.9 Å². The molecule has 0 bridgehead atoms. The maximum atomic E-state index is 3.75. The fourth-order valence-corrected chi connectivity index (χ4v) is 5.07. The fourth-order valence-electron chi connectivity index (χ4n) is 3.47. The van der Waals surface area contributed by atoms with Gasteiger partial charge in [-0.05, 0) is 76.6 Å². The van der Waals surface area contributed by atoms with Crippen LogP contribution in [0.2, 0.25) is 0 Å². The third-order valence-electron chi connectivity index (χ3n) is 4.45. The summed E-state index contributed by atoms with van der Waals surface area (Å²) in [5, 5.41) is 5.94. The Morgan fingerprint density at radius 3 is 2.90 bits per heavy atom. The van der Waals surface area contributed by atoms with Crippen molar-refractivity contribution in [2.45, 2.75) is 38.6 Å². The average Bonchev–Trinajstić information content (AvgIpc) is 2.81. The lowest BCUT2D eigenvalue weighted by molar-refractivity contribution is 0.348. The first kappa shape index (κ1) is 15.3. The molecule has 0 saturated carbocycles. The van der Waals surface area contributed by atoms with Crippen molar-refractivity contribution in [2.75, 3.05) is 6.54 Å². The summed E-state index contributed by atoms with van der Waals surface area (Å²) in [5.74, 6) is 0.684. The van der Waals surface area contributed by atoms with Crippen LogP contribution in [-0.4, -0.2) is 6.54 Å². The van der Waals surface area contributed by atoms with Crippen molar-refractivity contribution in [1.29, 1.82) is 0 Å². The zero-order valence-corrected chi connectivity index (χ0v) is 14.8. The maximum Gasteiger partial charge on any atom is 0.0354 e. The molecule has 1 aliphatic carbocycles. The van der Waals surface area contributed by atoms with Crippen LogP contribution < -0.4 is 5.32 Å². The standard InChI is InChI=1S/C18H22BrNS/c1-2-20-18-14(12-17-16(19)10-11-21-17)8-5-7-13-6-3-4-9-15(13)18/h3-4,6,9-11,14,18,20H,2,5,7-8,12H2,1H3. The second kappa shape index (κ2) is 7.08. The van der Waals surface area contributed by atoms with Crippen molar-refractivity contribution < 1.29 is 0 Å². The minimum absolute atomic E-state index is 0.489. The summed E-state index contributed by atoms with van der Waals surface area (Å²) in [6.07, 6.45) is 4.99. The highest BCUT2D eigenvalue weighted by molar-refractivity contribution is 9.10. The van der Waals surface area contributed by atoms with Crippen LogP contribution in [0.3, 0.4) is 0 Å². The summed E-state index contributed by atoms with van der Waals surface area (Å²) in [5.41, 5.74) is 3.06. The summed E-state index contributed by atoms with van der Waals surface area (Å²) in [6.45, 7) is 3.24. The summed E-state index contributed by atoms with van der Waals surface area (Å²) < 4.78 is 1.28. The minimum Gasteiger partial charge on any atom is -0.310 e. The van der Waals surface area contributed by atoms with Crippen molar-refractivity contribution in [2.24, 2.45) is 5.92 Å². The molecule has 1 heterocycles. The predicted molar refractivity (Wildman–Crippen MR) is 95.0 cm³/mol. The second-order valence-corrected chi connectivity index (χ2v) is 7.64. The molecule has 2 unspecified atom stereocenters. The van der Waals surface area contributed by atoms with Crippen molar-refractivity contribution in [3.8, 4) is 0 Å². The lowest BCUT2D eigenvalue weighted by Gasteiger charge is -2.27. The molecule has 1 aliphatic rings. The van der Waals surface area contributed by atoms with Crippen LogP contribution >= 0.6 is 27.3 Å². The van der Waals surface area contributed by atoms with E-state index in [4.69, 9.17) is 0 Å². The Morgan fingerprint density at radius 2 is 2.14 bits per heavy atom. The molecule has 3 heteroatoms. The normalized spacial score (nSPS) is 21.8. The van der Waals surface area contributed by atoms with Gasteiger partial charge in [0.15, 0.2) is 0 Å². The van der Waals surface area contributed by atoms with E-state index in [1.54, 1.807) is 0 Å². The first-order valence-corrected chi connectivity index (χ1v) is 9.50. The van der Waals surface area contributed by atoms with Gasteiger partial charge in [0.05, 0.1) is 0 Å². The van der Waals surface area contributed by atoms with Crippen LogP contribution in [0.4, 0.5) is 0 Å². The zero-order valence-electron chi connectivity index (χ0n) is 12.4. The Kier molecular flexibility index (Phi) is 5.15. The summed E-state index contributed by atoms with van der Waals surface area (Å²) in [4.78, 5) is 1.49. The number of nitrogens with one attached hydrogen (secondary N) is 1. The SMILES string of the molecule is CCNC1c2ccccc2CCCC1Cc1sccc1Br. The largest absolute Gasteiger partial charge is 0.310 e. The van der Waals surface area contributed by atoms with Gasteiger partial charge in [0.1, 0.15) is 0 Å². The Hall–Kier alpha value is -0.640. The van der Waals surface area contributed by atoms with Gasteiger partial charge in [-0.25, -0.2) is 0 Å². The van der Waals surface area contributed by atoms with Crippen LogP contribution in [0.1, 0.15) is 41.8 Å². The molecule has 1 aromatic heterocycles. The Bertz CT molecular complexity index is 592. The molecule has 0 spiro atoms. The molecule has 2 aromatic rings. The van der Waals surface area contributed by atoms with E-state index < -0.39 is 0 Å². The Balaban J connectivity index is 1.90. The molecule has 1 aromatic carbocycles. The monoisotopic (exact) mass is 363 g/mol. The lowest BCUT2D eigenvalue weighted by atomic mass is 9.87. The van der Waals surface area contributed by atoms with Gasteiger partial charge in [-0.3, -0.25) is 0 Å². The molecule has 21 heavy (non-hydrogen) atoms. The smallest absolute Gasteiger partial charge is 0.0354 e. The fraction of sp³-hybridized carbons (Fsp3) is 0.444. The van der Waals surface area contributed by atoms with E-state index in [0.29, 0.717) is 12.0 Å². The van der Waals surface area contributed by atoms with Crippen LogP contribution in [0.15, 0.2) is 40.2 Å². The van der Waals surface area contributed by atoms with E-state index in [-0.39, 0.29) is 0 Å². The van der Waals surface area contributed by atoms with Crippen molar-refractivity contribution in [3.63, 3.8) is 0 Å². The zero-order chi connectivity index (χ0) is 14.7. The maximum absolute atomic E-state index is 3.75. The quantitative estimate of drug-likeness (QED) is 0.721. The summed E-state index contributed by atoms with van der Waals surface area (Å²) in [7, 11) is 0. The third kappa shape index (κ3) is 3.41. The highest BCUT2D eigenvalue weighted by Gasteiger charge is 2.27. The lowest BCUT2D eigenvalue weighted by Crippen LogP contribution is -2.29. The molecule has 112 valence electrons. The van der Waals surface area contributed by atoms with Gasteiger partial charge in [-0.1, -0.05) is 31.2 Å². The number of halogens is 1. The third-order valence-corrected chi connectivity index (χ3v) is 6.39. The number of aryl methyl sites for hydroxylation is 1. The topological polar surface area (TPSA) is 12.0 Å². The van der Waals surface area contributed by atoms with Gasteiger partial charge in [0.2, 0.25) is 0 Å². The van der Waals surface area contributed by atoms with Crippen LogP contribution in [-0.2, 0) is 12.8 Å². The van der Waals surface area contributed by atoms with E-state index in [1.165, 1.54) is 46.2 Å². The number of rotatable bonds is 4. The molecule has 1 N–H and O–H groups in total. The average molecular weight is 364 g/mol. The van der Waals surface area contributed by atoms with Crippen molar-refractivity contribution >= 4 is 27.3 Å². The van der Waals surface area contributed by atoms with Gasteiger partial charge in [-0.2, -0.15) is 0 Å². The summed E-state index contributed by atoms with van der Waals surface area (Å²) in [6, 6.07) is 11.7. The number of hydrogen-bond donors (Lipinski definition) is 1. The number of thiophene rings is 1. The molecule has 0 fully saturated rings. The Labute approximate surface area is 139 Å². The number of benzene rings is 1. The van der Waals surface area contributed by atoms with Gasteiger partial charge >= 0.3 is 0 Å². The van der Waals surface area contributed by atoms with Gasteiger partial charge in [0, 0.05) is 15.4 Å². The first-order chi connectivity index (χ1) is 10.3. The molecule has 0 aliphatic heterocycles. The van der Waals surface area contributed by atoms with E-state index in [0.717, 1.165) is 6.54 Å². The predicted octanol–water partition coefficient (Wildman–Crippen LogP) is 5.36. The highest BCUT2D eigenvalue weighted by atomic mass is 79.9. The van der Waals surface area contributed by atoms with E-state index >= 15 is 0 Å². The van der Waals surface area contributed by atoms with Crippen molar-refractivity contribution in [1.82, 2.24) is 5.32 Å². The molecule has 2 atom stereocenters. The van der Waals surface area contributed by atoms with Crippen LogP contribution in [0, 0.1) is 5.92 Å². The molecule has 3 rings (SSSR count). The Morgan fingerprint density at radius 1 is 1.29 bits per heavy atom. The van der Waals surface area contributed by atoms with Crippen LogP contribution in [0.5, 0.6) is 0 Å². The summed E-state index contributed by atoms with van der Waals surface area (Å²) >= 11 is 5.57.